The van der Waals surface area contributed by atoms with Crippen molar-refractivity contribution in [1.29, 1.82) is 0 Å². The second-order valence-corrected chi connectivity index (χ2v) is 5.15. The molecule has 0 saturated carbocycles. The number of benzene rings is 1. The number of rotatable bonds is 9. The van der Waals surface area contributed by atoms with Gasteiger partial charge in [0, 0.05) is 24.7 Å². The van der Waals surface area contributed by atoms with Crippen molar-refractivity contribution in [2.24, 2.45) is 0 Å². The van der Waals surface area contributed by atoms with Crippen LogP contribution in [0, 0.1) is 0 Å². The Hall–Kier alpha value is -0.130. The summed E-state index contributed by atoms with van der Waals surface area (Å²) >= 11 is 9.34. The molecule has 0 aliphatic heterocycles. The molecule has 1 N–H and O–H groups in total. The van der Waals surface area contributed by atoms with Gasteiger partial charge in [-0.2, -0.15) is 0 Å². The molecule has 0 atom stereocenters. The van der Waals surface area contributed by atoms with E-state index in [0.717, 1.165) is 35.6 Å². The summed E-state index contributed by atoms with van der Waals surface area (Å²) in [5.74, 6) is 0. The van der Waals surface area contributed by atoms with Crippen LogP contribution in [0.2, 0.25) is 5.02 Å². The van der Waals surface area contributed by atoms with Crippen LogP contribution in [0.1, 0.15) is 12.0 Å². The van der Waals surface area contributed by atoms with Crippen molar-refractivity contribution in [3.8, 4) is 0 Å². The average Bonchev–Trinajstić information content (AvgIpc) is 2.37. The summed E-state index contributed by atoms with van der Waals surface area (Å²) in [7, 11) is 1.68. The van der Waals surface area contributed by atoms with Crippen LogP contribution in [-0.2, 0) is 16.0 Å². The van der Waals surface area contributed by atoms with E-state index in [2.05, 4.69) is 21.2 Å². The lowest BCUT2D eigenvalue weighted by molar-refractivity contribution is 0.0695. The maximum Gasteiger partial charge on any atom is 0.0700 e. The average molecular weight is 337 g/mol. The van der Waals surface area contributed by atoms with E-state index < -0.39 is 0 Å². The molecule has 0 aromatic heterocycles. The third-order valence-corrected chi connectivity index (χ3v) is 3.60. The van der Waals surface area contributed by atoms with Gasteiger partial charge < -0.3 is 14.8 Å². The van der Waals surface area contributed by atoms with Crippen LogP contribution in [0.25, 0.3) is 0 Å². The number of methoxy groups -OCH3 is 1. The van der Waals surface area contributed by atoms with Crippen LogP contribution in [0.5, 0.6) is 0 Å². The first-order chi connectivity index (χ1) is 8.74. The van der Waals surface area contributed by atoms with Crippen LogP contribution in [0.15, 0.2) is 22.7 Å². The van der Waals surface area contributed by atoms with E-state index >= 15 is 0 Å². The Kier molecular flexibility index (Phi) is 8.63. The molecule has 0 spiro atoms. The first-order valence-corrected chi connectivity index (χ1v) is 7.12. The minimum atomic E-state index is 0.659. The van der Waals surface area contributed by atoms with Crippen LogP contribution in [0.4, 0.5) is 0 Å². The highest BCUT2D eigenvalue weighted by atomic mass is 79.9. The Morgan fingerprint density at radius 2 is 2.11 bits per heavy atom. The quantitative estimate of drug-likeness (QED) is 0.702. The number of ether oxygens (including phenoxy) is 2. The van der Waals surface area contributed by atoms with E-state index in [1.807, 2.05) is 18.2 Å². The van der Waals surface area contributed by atoms with Crippen molar-refractivity contribution in [2.45, 2.75) is 13.0 Å². The molecular formula is C13H19BrClNO2. The first-order valence-electron chi connectivity index (χ1n) is 5.95. The van der Waals surface area contributed by atoms with Gasteiger partial charge in [-0.3, -0.25) is 0 Å². The van der Waals surface area contributed by atoms with Crippen LogP contribution < -0.4 is 5.32 Å². The van der Waals surface area contributed by atoms with Gasteiger partial charge in [-0.15, -0.1) is 0 Å². The zero-order valence-electron chi connectivity index (χ0n) is 10.5. The highest BCUT2D eigenvalue weighted by molar-refractivity contribution is 9.10. The lowest BCUT2D eigenvalue weighted by atomic mass is 10.2. The lowest BCUT2D eigenvalue weighted by Gasteiger charge is -2.07. The summed E-state index contributed by atoms with van der Waals surface area (Å²) in [6.07, 6.45) is 0.998. The molecule has 0 saturated heterocycles. The highest BCUT2D eigenvalue weighted by Gasteiger charge is 1.98. The summed E-state index contributed by atoms with van der Waals surface area (Å²) < 4.78 is 11.2. The Balaban J connectivity index is 2.05. The molecule has 1 aromatic carbocycles. The number of halogens is 2. The Bertz CT molecular complexity index is 350. The van der Waals surface area contributed by atoms with Gasteiger partial charge >= 0.3 is 0 Å². The zero-order chi connectivity index (χ0) is 13.2. The molecule has 5 heteroatoms. The second kappa shape index (κ2) is 9.75. The number of hydrogen-bond donors (Lipinski definition) is 1. The van der Waals surface area contributed by atoms with Crippen molar-refractivity contribution in [3.63, 3.8) is 0 Å². The summed E-state index contributed by atoms with van der Waals surface area (Å²) in [5, 5.41) is 4.11. The number of nitrogens with one attached hydrogen (secondary N) is 1. The first kappa shape index (κ1) is 15.9. The van der Waals surface area contributed by atoms with E-state index in [9.17, 15) is 0 Å². The van der Waals surface area contributed by atoms with Crippen molar-refractivity contribution in [2.75, 3.05) is 33.5 Å². The fraction of sp³-hybridized carbons (Fsp3) is 0.538. The zero-order valence-corrected chi connectivity index (χ0v) is 12.9. The summed E-state index contributed by atoms with van der Waals surface area (Å²) in [4.78, 5) is 0. The molecule has 0 radical (unpaired) electrons. The predicted molar refractivity (Wildman–Crippen MR) is 78.2 cm³/mol. The molecule has 0 unspecified atom stereocenters. The van der Waals surface area contributed by atoms with E-state index in [1.54, 1.807) is 7.11 Å². The van der Waals surface area contributed by atoms with Gasteiger partial charge in [-0.25, -0.2) is 0 Å². The molecule has 102 valence electrons. The standard InChI is InChI=1S/C13H19BrClNO2/c1-17-7-8-18-6-2-5-16-10-11-3-4-13(15)12(14)9-11/h3-4,9,16H,2,5-8,10H2,1H3. The molecule has 0 aliphatic carbocycles. The smallest absolute Gasteiger partial charge is 0.0700 e. The van der Waals surface area contributed by atoms with Gasteiger partial charge in [0.2, 0.25) is 0 Å². The fourth-order valence-electron chi connectivity index (χ4n) is 1.43. The Labute approximate surface area is 122 Å². The molecule has 1 aromatic rings. The summed E-state index contributed by atoms with van der Waals surface area (Å²) in [6.45, 7) is 3.87. The van der Waals surface area contributed by atoms with Crippen molar-refractivity contribution >= 4 is 27.5 Å². The normalized spacial score (nSPS) is 10.8. The number of hydrogen-bond acceptors (Lipinski definition) is 3. The van der Waals surface area contributed by atoms with Gasteiger partial charge in [0.15, 0.2) is 0 Å². The third-order valence-electron chi connectivity index (χ3n) is 2.39. The lowest BCUT2D eigenvalue weighted by Crippen LogP contribution is -2.16. The van der Waals surface area contributed by atoms with Crippen LogP contribution in [0.3, 0.4) is 0 Å². The van der Waals surface area contributed by atoms with Crippen molar-refractivity contribution < 1.29 is 9.47 Å². The highest BCUT2D eigenvalue weighted by Crippen LogP contribution is 2.22. The molecule has 18 heavy (non-hydrogen) atoms. The molecule has 3 nitrogen and oxygen atoms in total. The van der Waals surface area contributed by atoms with Gasteiger partial charge in [0.1, 0.15) is 0 Å². The molecule has 0 fully saturated rings. The molecule has 1 rings (SSSR count). The largest absolute Gasteiger partial charge is 0.382 e. The van der Waals surface area contributed by atoms with Crippen molar-refractivity contribution in [1.82, 2.24) is 5.32 Å². The SMILES string of the molecule is COCCOCCCNCc1ccc(Cl)c(Br)c1. The molecule has 0 amide bonds. The van der Waals surface area contributed by atoms with Gasteiger partial charge in [-0.05, 0) is 46.6 Å². The monoisotopic (exact) mass is 335 g/mol. The summed E-state index contributed by atoms with van der Waals surface area (Å²) in [5.41, 5.74) is 1.21. The van der Waals surface area contributed by atoms with E-state index in [0.29, 0.717) is 13.2 Å². The second-order valence-electron chi connectivity index (χ2n) is 3.88. The topological polar surface area (TPSA) is 30.5 Å². The van der Waals surface area contributed by atoms with Crippen LogP contribution in [-0.4, -0.2) is 33.5 Å². The fourth-order valence-corrected chi connectivity index (χ4v) is 1.97. The maximum absolute atomic E-state index is 5.93. The van der Waals surface area contributed by atoms with E-state index in [4.69, 9.17) is 21.1 Å². The minimum Gasteiger partial charge on any atom is -0.382 e. The van der Waals surface area contributed by atoms with E-state index in [-0.39, 0.29) is 0 Å². The predicted octanol–water partition coefficient (Wildman–Crippen LogP) is 3.25. The van der Waals surface area contributed by atoms with Gasteiger partial charge in [-0.1, -0.05) is 17.7 Å². The minimum absolute atomic E-state index is 0.659. The Morgan fingerprint density at radius 1 is 1.28 bits per heavy atom. The maximum atomic E-state index is 5.93. The molecule has 0 aliphatic rings. The van der Waals surface area contributed by atoms with Gasteiger partial charge in [0.25, 0.3) is 0 Å². The Morgan fingerprint density at radius 3 is 2.83 bits per heavy atom. The summed E-state index contributed by atoms with van der Waals surface area (Å²) in [6, 6.07) is 5.95. The molecular weight excluding hydrogens is 318 g/mol. The molecule has 0 bridgehead atoms. The third kappa shape index (κ3) is 6.71. The van der Waals surface area contributed by atoms with Gasteiger partial charge in [0.05, 0.1) is 18.2 Å². The van der Waals surface area contributed by atoms with Crippen molar-refractivity contribution in [3.05, 3.63) is 33.3 Å². The van der Waals surface area contributed by atoms with Crippen LogP contribution >= 0.6 is 27.5 Å². The van der Waals surface area contributed by atoms with E-state index in [1.165, 1.54) is 5.56 Å². The molecule has 0 heterocycles.